The molecule has 1 saturated carbocycles. The number of rotatable bonds is 7. The van der Waals surface area contributed by atoms with Gasteiger partial charge in [0.2, 0.25) is 0 Å². The van der Waals surface area contributed by atoms with E-state index in [1.807, 2.05) is 55.6 Å². The zero-order chi connectivity index (χ0) is 25.1. The van der Waals surface area contributed by atoms with Crippen LogP contribution in [0.2, 0.25) is 0 Å². The van der Waals surface area contributed by atoms with Gasteiger partial charge in [0, 0.05) is 24.7 Å². The second-order valence-electron chi connectivity index (χ2n) is 9.47. The Morgan fingerprint density at radius 3 is 2.67 bits per heavy atom. The number of hydrogen-bond acceptors (Lipinski definition) is 5. The second-order valence-corrected chi connectivity index (χ2v) is 9.47. The quantitative estimate of drug-likeness (QED) is 0.370. The zero-order valence-corrected chi connectivity index (χ0v) is 20.2. The van der Waals surface area contributed by atoms with Crippen LogP contribution in [0.15, 0.2) is 60.8 Å². The summed E-state index contributed by atoms with van der Waals surface area (Å²) in [6, 6.07) is 19.4. The fourth-order valence-electron chi connectivity index (χ4n) is 5.00. The van der Waals surface area contributed by atoms with Crippen molar-refractivity contribution in [2.75, 3.05) is 0 Å². The highest BCUT2D eigenvalue weighted by Gasteiger charge is 2.35. The van der Waals surface area contributed by atoms with Crippen LogP contribution in [0.1, 0.15) is 59.8 Å². The van der Waals surface area contributed by atoms with Crippen molar-refractivity contribution in [3.8, 4) is 11.8 Å². The molecule has 7 nitrogen and oxygen atoms in total. The Morgan fingerprint density at radius 1 is 1.14 bits per heavy atom. The molecule has 2 atom stereocenters. The van der Waals surface area contributed by atoms with Crippen molar-refractivity contribution in [1.82, 2.24) is 14.5 Å². The summed E-state index contributed by atoms with van der Waals surface area (Å²) >= 11 is 0. The van der Waals surface area contributed by atoms with Gasteiger partial charge in [-0.25, -0.2) is 4.98 Å². The second kappa shape index (κ2) is 10.2. The van der Waals surface area contributed by atoms with Crippen LogP contribution in [-0.4, -0.2) is 25.6 Å². The van der Waals surface area contributed by atoms with E-state index >= 15 is 0 Å². The molecule has 0 amide bonds. The molecular weight excluding hydrogens is 452 g/mol. The average Bonchev–Trinajstić information content (AvgIpc) is 3.26. The van der Waals surface area contributed by atoms with E-state index in [0.717, 1.165) is 52.9 Å². The standard InChI is InChI=1S/C29H28N4O3/c1-19-6-11-22(31-16-19)18-36-23-12-13-26-27(14-23)33(17-21-9-7-20(15-30)8-10-21)28(32-26)24-4-2-3-5-25(24)29(34)35/h6-14,16,24-25H,2-5,17-18H2,1H3,(H,34,35)/t24-,25+/m1/s1. The van der Waals surface area contributed by atoms with Gasteiger partial charge >= 0.3 is 5.97 Å². The zero-order valence-electron chi connectivity index (χ0n) is 20.2. The number of carboxylic acid groups (broad SMARTS) is 1. The minimum atomic E-state index is -0.758. The number of pyridine rings is 1. The topological polar surface area (TPSA) is 101 Å². The molecular formula is C29H28N4O3. The van der Waals surface area contributed by atoms with Crippen LogP contribution in [0.4, 0.5) is 0 Å². The molecule has 1 aliphatic carbocycles. The summed E-state index contributed by atoms with van der Waals surface area (Å²) in [5.74, 6) is 0.155. The van der Waals surface area contributed by atoms with E-state index in [-0.39, 0.29) is 5.92 Å². The van der Waals surface area contributed by atoms with E-state index in [2.05, 4.69) is 15.6 Å². The maximum Gasteiger partial charge on any atom is 0.307 e. The molecule has 4 aromatic rings. The highest BCUT2D eigenvalue weighted by molar-refractivity contribution is 5.79. The molecule has 182 valence electrons. The third-order valence-corrected chi connectivity index (χ3v) is 6.95. The Morgan fingerprint density at radius 2 is 1.94 bits per heavy atom. The minimum Gasteiger partial charge on any atom is -0.487 e. The number of carbonyl (C=O) groups is 1. The molecule has 0 aliphatic heterocycles. The molecule has 2 aromatic heterocycles. The van der Waals surface area contributed by atoms with Crippen molar-refractivity contribution in [3.63, 3.8) is 0 Å². The van der Waals surface area contributed by atoms with Crippen LogP contribution in [0.25, 0.3) is 11.0 Å². The summed E-state index contributed by atoms with van der Waals surface area (Å²) < 4.78 is 8.18. The largest absolute Gasteiger partial charge is 0.487 e. The maximum absolute atomic E-state index is 12.1. The molecule has 1 aliphatic rings. The van der Waals surface area contributed by atoms with Gasteiger partial charge in [-0.3, -0.25) is 9.78 Å². The van der Waals surface area contributed by atoms with Gasteiger partial charge in [-0.2, -0.15) is 5.26 Å². The molecule has 0 bridgehead atoms. The number of aryl methyl sites for hydroxylation is 1. The Labute approximate surface area is 210 Å². The van der Waals surface area contributed by atoms with Crippen molar-refractivity contribution in [1.29, 1.82) is 5.26 Å². The van der Waals surface area contributed by atoms with E-state index in [0.29, 0.717) is 30.9 Å². The lowest BCUT2D eigenvalue weighted by Crippen LogP contribution is -2.27. The third-order valence-electron chi connectivity index (χ3n) is 6.95. The number of nitriles is 1. The van der Waals surface area contributed by atoms with Gasteiger partial charge in [0.25, 0.3) is 0 Å². The summed E-state index contributed by atoms with van der Waals surface area (Å²) in [6.07, 6.45) is 5.21. The smallest absolute Gasteiger partial charge is 0.307 e. The maximum atomic E-state index is 12.1. The number of nitrogens with zero attached hydrogens (tertiary/aromatic N) is 4. The first-order valence-corrected chi connectivity index (χ1v) is 12.3. The fourth-order valence-corrected chi connectivity index (χ4v) is 5.00. The molecule has 7 heteroatoms. The van der Waals surface area contributed by atoms with Crippen LogP contribution >= 0.6 is 0 Å². The number of aliphatic carboxylic acids is 1. The first-order chi connectivity index (χ1) is 17.5. The average molecular weight is 481 g/mol. The summed E-state index contributed by atoms with van der Waals surface area (Å²) in [4.78, 5) is 21.5. The Bertz CT molecular complexity index is 1420. The van der Waals surface area contributed by atoms with Gasteiger partial charge in [-0.1, -0.05) is 31.0 Å². The first-order valence-electron chi connectivity index (χ1n) is 12.3. The van der Waals surface area contributed by atoms with Crippen LogP contribution in [0.5, 0.6) is 5.75 Å². The number of hydrogen-bond donors (Lipinski definition) is 1. The van der Waals surface area contributed by atoms with Crippen molar-refractivity contribution < 1.29 is 14.6 Å². The van der Waals surface area contributed by atoms with Gasteiger partial charge in [0.15, 0.2) is 0 Å². The molecule has 2 aromatic carbocycles. The molecule has 36 heavy (non-hydrogen) atoms. The van der Waals surface area contributed by atoms with Crippen molar-refractivity contribution >= 4 is 17.0 Å². The lowest BCUT2D eigenvalue weighted by molar-refractivity contribution is -0.143. The Balaban J connectivity index is 1.52. The van der Waals surface area contributed by atoms with Gasteiger partial charge in [-0.15, -0.1) is 0 Å². The molecule has 0 radical (unpaired) electrons. The molecule has 0 saturated heterocycles. The van der Waals surface area contributed by atoms with Gasteiger partial charge in [0.05, 0.1) is 34.3 Å². The van der Waals surface area contributed by atoms with Crippen molar-refractivity contribution in [2.24, 2.45) is 5.92 Å². The lowest BCUT2D eigenvalue weighted by Gasteiger charge is -2.28. The lowest BCUT2D eigenvalue weighted by atomic mass is 9.78. The highest BCUT2D eigenvalue weighted by atomic mass is 16.5. The number of benzene rings is 2. The van der Waals surface area contributed by atoms with Crippen LogP contribution < -0.4 is 4.74 Å². The molecule has 2 heterocycles. The Hall–Kier alpha value is -4.18. The number of carboxylic acids is 1. The van der Waals surface area contributed by atoms with E-state index < -0.39 is 11.9 Å². The van der Waals surface area contributed by atoms with Gasteiger partial charge in [-0.05, 0) is 61.2 Å². The van der Waals surface area contributed by atoms with E-state index in [1.54, 1.807) is 12.1 Å². The predicted octanol–water partition coefficient (Wildman–Crippen LogP) is 5.60. The third kappa shape index (κ3) is 4.94. The molecule has 0 spiro atoms. The fraction of sp³-hybridized carbons (Fsp3) is 0.310. The van der Waals surface area contributed by atoms with Crippen LogP contribution in [0.3, 0.4) is 0 Å². The minimum absolute atomic E-state index is 0.150. The van der Waals surface area contributed by atoms with E-state index in [4.69, 9.17) is 15.0 Å². The number of ether oxygens (including phenoxy) is 1. The predicted molar refractivity (Wildman–Crippen MR) is 136 cm³/mol. The number of fused-ring (bicyclic) bond motifs is 1. The molecule has 1 N–H and O–H groups in total. The SMILES string of the molecule is Cc1ccc(COc2ccc3nc([C@@H]4CCCC[C@@H]4C(=O)O)n(Cc4ccc(C#N)cc4)c3c2)nc1. The van der Waals surface area contributed by atoms with E-state index in [1.165, 1.54) is 0 Å². The van der Waals surface area contributed by atoms with E-state index in [9.17, 15) is 9.90 Å². The van der Waals surface area contributed by atoms with Gasteiger partial charge in [0.1, 0.15) is 18.2 Å². The molecule has 5 rings (SSSR count). The molecule has 1 fully saturated rings. The summed E-state index contributed by atoms with van der Waals surface area (Å²) in [7, 11) is 0. The van der Waals surface area contributed by atoms with Crippen LogP contribution in [-0.2, 0) is 17.9 Å². The Kier molecular flexibility index (Phi) is 6.68. The van der Waals surface area contributed by atoms with Crippen molar-refractivity contribution in [3.05, 3.63) is 89.0 Å². The van der Waals surface area contributed by atoms with Crippen LogP contribution in [0, 0.1) is 24.2 Å². The first kappa shape index (κ1) is 23.6. The van der Waals surface area contributed by atoms with Crippen molar-refractivity contribution in [2.45, 2.75) is 51.7 Å². The normalized spacial score (nSPS) is 17.6. The summed E-state index contributed by atoms with van der Waals surface area (Å²) in [5, 5.41) is 19.1. The molecule has 0 unspecified atom stereocenters. The monoisotopic (exact) mass is 480 g/mol. The van der Waals surface area contributed by atoms with Gasteiger partial charge < -0.3 is 14.4 Å². The summed E-state index contributed by atoms with van der Waals surface area (Å²) in [5.41, 5.74) is 5.29. The summed E-state index contributed by atoms with van der Waals surface area (Å²) in [6.45, 7) is 2.88. The highest BCUT2D eigenvalue weighted by Crippen LogP contribution is 2.39. The number of aromatic nitrogens is 3. The number of imidazole rings is 1.